The van der Waals surface area contributed by atoms with Crippen molar-refractivity contribution in [2.45, 2.75) is 6.92 Å². The van der Waals surface area contributed by atoms with Crippen LogP contribution in [0.4, 0.5) is 0 Å². The number of aryl methyl sites for hydroxylation is 1. The molecule has 1 aromatic carbocycles. The van der Waals surface area contributed by atoms with Gasteiger partial charge in [-0.3, -0.25) is 9.59 Å². The molecule has 0 aliphatic heterocycles. The van der Waals surface area contributed by atoms with E-state index in [1.807, 2.05) is 0 Å². The predicted molar refractivity (Wildman–Crippen MR) is 57.7 cm³/mol. The molecule has 1 aliphatic carbocycles. The molecule has 4 heteroatoms. The summed E-state index contributed by atoms with van der Waals surface area (Å²) in [5.74, 6) is -0.924. The monoisotopic (exact) mass is 218 g/mol. The number of allylic oxidation sites excluding steroid dienone is 1. The van der Waals surface area contributed by atoms with Crippen molar-refractivity contribution in [1.82, 2.24) is 0 Å². The Balaban J connectivity index is 2.71. The minimum Gasteiger partial charge on any atom is -0.507 e. The molecule has 1 N–H and O–H groups in total. The van der Waals surface area contributed by atoms with Gasteiger partial charge in [-0.2, -0.15) is 0 Å². The molecule has 4 nitrogen and oxygen atoms in total. The van der Waals surface area contributed by atoms with Crippen LogP contribution < -0.4 is 4.74 Å². The first-order valence-electron chi connectivity index (χ1n) is 4.73. The van der Waals surface area contributed by atoms with Gasteiger partial charge in [-0.1, -0.05) is 0 Å². The van der Waals surface area contributed by atoms with Crippen LogP contribution in [0.2, 0.25) is 0 Å². The molecular weight excluding hydrogens is 208 g/mol. The molecule has 0 saturated heterocycles. The van der Waals surface area contributed by atoms with E-state index >= 15 is 0 Å². The highest BCUT2D eigenvalue weighted by atomic mass is 16.5. The number of methoxy groups -OCH3 is 1. The Morgan fingerprint density at radius 2 is 1.88 bits per heavy atom. The van der Waals surface area contributed by atoms with E-state index in [2.05, 4.69) is 0 Å². The lowest BCUT2D eigenvalue weighted by atomic mass is 9.92. The van der Waals surface area contributed by atoms with Crippen molar-refractivity contribution in [2.24, 2.45) is 0 Å². The van der Waals surface area contributed by atoms with Gasteiger partial charge in [0.05, 0.1) is 7.11 Å². The Bertz CT molecular complexity index is 526. The quantitative estimate of drug-likeness (QED) is 0.728. The highest BCUT2D eigenvalue weighted by Crippen LogP contribution is 2.29. The number of hydrogen-bond donors (Lipinski definition) is 1. The summed E-state index contributed by atoms with van der Waals surface area (Å²) in [6.45, 7) is 1.77. The fourth-order valence-corrected chi connectivity index (χ4v) is 1.71. The van der Waals surface area contributed by atoms with Crippen LogP contribution in [-0.4, -0.2) is 23.8 Å². The van der Waals surface area contributed by atoms with Crippen LogP contribution in [-0.2, 0) is 4.79 Å². The van der Waals surface area contributed by atoms with Crippen molar-refractivity contribution in [3.8, 4) is 5.75 Å². The third-order valence-corrected chi connectivity index (χ3v) is 2.55. The first kappa shape index (κ1) is 10.4. The Hall–Kier alpha value is -2.10. The van der Waals surface area contributed by atoms with E-state index in [1.54, 1.807) is 19.1 Å². The molecule has 16 heavy (non-hydrogen) atoms. The molecule has 0 saturated carbocycles. The third kappa shape index (κ3) is 1.39. The second kappa shape index (κ2) is 3.48. The van der Waals surface area contributed by atoms with E-state index < -0.39 is 11.6 Å². The molecule has 0 spiro atoms. The molecule has 0 heterocycles. The van der Waals surface area contributed by atoms with Crippen molar-refractivity contribution < 1.29 is 19.4 Å². The number of rotatable bonds is 1. The molecule has 0 bridgehead atoms. The lowest BCUT2D eigenvalue weighted by Crippen LogP contribution is -2.19. The third-order valence-electron chi connectivity index (χ3n) is 2.55. The van der Waals surface area contributed by atoms with Gasteiger partial charge in [0.15, 0.2) is 0 Å². The topological polar surface area (TPSA) is 63.6 Å². The molecule has 82 valence electrons. The van der Waals surface area contributed by atoms with Gasteiger partial charge in [-0.05, 0) is 24.6 Å². The summed E-state index contributed by atoms with van der Waals surface area (Å²) < 4.78 is 5.09. The molecular formula is C12H10O4. The van der Waals surface area contributed by atoms with Crippen LogP contribution in [0, 0.1) is 6.92 Å². The first-order chi connectivity index (χ1) is 7.54. The van der Waals surface area contributed by atoms with Crippen LogP contribution in [0.5, 0.6) is 5.75 Å². The maximum atomic E-state index is 11.6. The van der Waals surface area contributed by atoms with Gasteiger partial charge < -0.3 is 9.84 Å². The summed E-state index contributed by atoms with van der Waals surface area (Å²) in [6.07, 6.45) is 0.930. The zero-order valence-corrected chi connectivity index (χ0v) is 8.90. The molecule has 0 fully saturated rings. The summed E-state index contributed by atoms with van der Waals surface area (Å²) in [5, 5.41) is 9.59. The summed E-state index contributed by atoms with van der Waals surface area (Å²) in [5.41, 5.74) is 1.31. The Morgan fingerprint density at radius 1 is 1.19 bits per heavy atom. The average molecular weight is 218 g/mol. The average Bonchev–Trinajstić information content (AvgIpc) is 2.25. The summed E-state index contributed by atoms with van der Waals surface area (Å²) in [7, 11) is 1.51. The van der Waals surface area contributed by atoms with Gasteiger partial charge in [-0.15, -0.1) is 0 Å². The molecule has 1 aromatic rings. The van der Waals surface area contributed by atoms with Crippen LogP contribution in [0.3, 0.4) is 0 Å². The second-order valence-corrected chi connectivity index (χ2v) is 3.59. The molecule has 0 atom stereocenters. The fourth-order valence-electron chi connectivity index (χ4n) is 1.71. The minimum absolute atomic E-state index is 0.196. The Labute approximate surface area is 92.2 Å². The van der Waals surface area contributed by atoms with E-state index in [-0.39, 0.29) is 11.3 Å². The fraction of sp³-hybridized carbons (Fsp3) is 0.167. The van der Waals surface area contributed by atoms with Crippen molar-refractivity contribution in [2.75, 3.05) is 7.11 Å². The number of hydrogen-bond acceptors (Lipinski definition) is 4. The van der Waals surface area contributed by atoms with Crippen molar-refractivity contribution >= 4 is 17.3 Å². The van der Waals surface area contributed by atoms with Gasteiger partial charge >= 0.3 is 0 Å². The molecule has 0 radical (unpaired) electrons. The standard InChI is InChI=1S/C12H10O4/c1-6-3-8-7(4-11(6)16-2)9(13)5-10(14)12(8)15/h3-5,13H,1-2H3. The van der Waals surface area contributed by atoms with Gasteiger partial charge in [0.25, 0.3) is 0 Å². The molecule has 0 aromatic heterocycles. The van der Waals surface area contributed by atoms with E-state index in [4.69, 9.17) is 4.74 Å². The summed E-state index contributed by atoms with van der Waals surface area (Å²) >= 11 is 0. The number of aliphatic hydroxyl groups excluding tert-OH is 1. The van der Waals surface area contributed by atoms with E-state index in [9.17, 15) is 14.7 Å². The van der Waals surface area contributed by atoms with Gasteiger partial charge in [0, 0.05) is 17.2 Å². The summed E-state index contributed by atoms with van der Waals surface area (Å²) in [4.78, 5) is 22.8. The first-order valence-corrected chi connectivity index (χ1v) is 4.73. The van der Waals surface area contributed by atoms with Gasteiger partial charge in [-0.25, -0.2) is 0 Å². The zero-order valence-electron chi connectivity index (χ0n) is 8.90. The smallest absolute Gasteiger partial charge is 0.233 e. The molecule has 1 aliphatic rings. The van der Waals surface area contributed by atoms with Crippen molar-refractivity contribution in [3.63, 3.8) is 0 Å². The maximum absolute atomic E-state index is 11.6. The van der Waals surface area contributed by atoms with Crippen LogP contribution in [0.25, 0.3) is 5.76 Å². The Morgan fingerprint density at radius 3 is 2.50 bits per heavy atom. The normalized spacial score (nSPS) is 14.5. The maximum Gasteiger partial charge on any atom is 0.233 e. The molecule has 2 rings (SSSR count). The van der Waals surface area contributed by atoms with E-state index in [0.717, 1.165) is 11.6 Å². The van der Waals surface area contributed by atoms with Crippen molar-refractivity contribution in [1.29, 1.82) is 0 Å². The predicted octanol–water partition coefficient (Wildman–Crippen LogP) is 1.67. The van der Waals surface area contributed by atoms with Crippen molar-refractivity contribution in [3.05, 3.63) is 34.9 Å². The Kier molecular flexibility index (Phi) is 2.27. The number of benzene rings is 1. The minimum atomic E-state index is -0.699. The zero-order chi connectivity index (χ0) is 11.9. The number of fused-ring (bicyclic) bond motifs is 1. The number of aliphatic hydroxyl groups is 1. The molecule has 0 amide bonds. The number of carbonyl (C=O) groups is 2. The van der Waals surface area contributed by atoms with Crippen LogP contribution >= 0.6 is 0 Å². The lowest BCUT2D eigenvalue weighted by Gasteiger charge is -2.14. The number of ether oxygens (including phenoxy) is 1. The van der Waals surface area contributed by atoms with Crippen LogP contribution in [0.1, 0.15) is 21.5 Å². The van der Waals surface area contributed by atoms with Gasteiger partial charge in [0.2, 0.25) is 11.6 Å². The lowest BCUT2D eigenvalue weighted by molar-refractivity contribution is -0.111. The SMILES string of the molecule is COc1cc2c(cc1C)C(=O)C(=O)C=C2O. The van der Waals surface area contributed by atoms with E-state index in [0.29, 0.717) is 11.3 Å². The molecule has 0 unspecified atom stereocenters. The van der Waals surface area contributed by atoms with Crippen LogP contribution in [0.15, 0.2) is 18.2 Å². The van der Waals surface area contributed by atoms with E-state index in [1.165, 1.54) is 7.11 Å². The van der Waals surface area contributed by atoms with Gasteiger partial charge in [0.1, 0.15) is 11.5 Å². The second-order valence-electron chi connectivity index (χ2n) is 3.59. The largest absolute Gasteiger partial charge is 0.507 e. The highest BCUT2D eigenvalue weighted by molar-refractivity contribution is 6.50. The number of carbonyl (C=O) groups excluding carboxylic acids is 2. The number of Topliss-reactive ketones (excluding diaryl/α,β-unsaturated/α-hetero) is 1. The highest BCUT2D eigenvalue weighted by Gasteiger charge is 2.26. The summed E-state index contributed by atoms with van der Waals surface area (Å²) in [6, 6.07) is 3.11. The number of ketones is 2.